The molecule has 128 valence electrons. The Balaban J connectivity index is 1.74. The van der Waals surface area contributed by atoms with Crippen molar-refractivity contribution in [3.05, 3.63) is 75.8 Å². The second-order valence-corrected chi connectivity index (χ2v) is 7.15. The molecule has 0 amide bonds. The summed E-state index contributed by atoms with van der Waals surface area (Å²) in [5, 5.41) is 4.54. The Morgan fingerprint density at radius 2 is 1.96 bits per heavy atom. The fraction of sp³-hybridized carbons (Fsp3) is 0.286. The van der Waals surface area contributed by atoms with Crippen LogP contribution in [-0.2, 0) is 4.74 Å². The number of nitrogens with one attached hydrogen (secondary N) is 1. The molecular formula is C21H20ClNO2. The first kappa shape index (κ1) is 16.2. The molecule has 2 aromatic rings. The molecule has 1 heterocycles. The van der Waals surface area contributed by atoms with Crippen LogP contribution in [0.1, 0.15) is 45.4 Å². The molecule has 0 fully saturated rings. The lowest BCUT2D eigenvalue weighted by Gasteiger charge is -2.38. The van der Waals surface area contributed by atoms with Crippen molar-refractivity contribution in [1.29, 1.82) is 0 Å². The summed E-state index contributed by atoms with van der Waals surface area (Å²) in [5.41, 5.74) is 5.30. The molecular weight excluding hydrogens is 334 g/mol. The number of benzene rings is 2. The Labute approximate surface area is 152 Å². The topological polar surface area (TPSA) is 38.3 Å². The maximum Gasteiger partial charge on any atom is 0.337 e. The van der Waals surface area contributed by atoms with E-state index in [1.807, 2.05) is 30.3 Å². The largest absolute Gasteiger partial charge is 0.465 e. The molecule has 4 rings (SSSR count). The van der Waals surface area contributed by atoms with Crippen LogP contribution in [0, 0.1) is 12.8 Å². The van der Waals surface area contributed by atoms with E-state index in [1.54, 1.807) is 0 Å². The van der Waals surface area contributed by atoms with Crippen molar-refractivity contribution in [3.63, 3.8) is 0 Å². The number of hydrogen-bond donors (Lipinski definition) is 1. The van der Waals surface area contributed by atoms with Crippen LogP contribution in [-0.4, -0.2) is 13.1 Å². The number of esters is 1. The van der Waals surface area contributed by atoms with Crippen LogP contribution in [0.5, 0.6) is 0 Å². The maximum absolute atomic E-state index is 11.7. The molecule has 3 atom stereocenters. The zero-order chi connectivity index (χ0) is 17.6. The highest BCUT2D eigenvalue weighted by Gasteiger charge is 2.39. The smallest absolute Gasteiger partial charge is 0.337 e. The van der Waals surface area contributed by atoms with E-state index in [0.29, 0.717) is 17.4 Å². The van der Waals surface area contributed by atoms with Crippen molar-refractivity contribution in [2.45, 2.75) is 25.3 Å². The highest BCUT2D eigenvalue weighted by atomic mass is 35.5. The number of anilines is 1. The van der Waals surface area contributed by atoms with Gasteiger partial charge in [0.1, 0.15) is 0 Å². The summed E-state index contributed by atoms with van der Waals surface area (Å²) >= 11 is 6.52. The van der Waals surface area contributed by atoms with Gasteiger partial charge in [0.05, 0.1) is 18.7 Å². The standard InChI is InChI=1S/C21H20ClNO2/c1-12-6-11-17(22)18-15-4-3-5-16(15)20(23-19(12)18)13-7-9-14(10-8-13)21(24)25-2/h3-4,6-11,15-16,20,23H,5H2,1-2H3/t15-,16-,20-/m0/s1. The van der Waals surface area contributed by atoms with Gasteiger partial charge in [-0.05, 0) is 48.6 Å². The van der Waals surface area contributed by atoms with Gasteiger partial charge in [-0.1, -0.05) is 42.0 Å². The molecule has 0 saturated carbocycles. The molecule has 1 aliphatic heterocycles. The van der Waals surface area contributed by atoms with Crippen molar-refractivity contribution in [3.8, 4) is 0 Å². The van der Waals surface area contributed by atoms with Crippen LogP contribution in [0.3, 0.4) is 0 Å². The van der Waals surface area contributed by atoms with Crippen molar-refractivity contribution in [1.82, 2.24) is 0 Å². The molecule has 3 nitrogen and oxygen atoms in total. The van der Waals surface area contributed by atoms with Gasteiger partial charge in [0.25, 0.3) is 0 Å². The Bertz CT molecular complexity index is 857. The van der Waals surface area contributed by atoms with Gasteiger partial charge >= 0.3 is 5.97 Å². The number of halogens is 1. The average molecular weight is 354 g/mol. The van der Waals surface area contributed by atoms with Crippen LogP contribution < -0.4 is 5.32 Å². The molecule has 1 aliphatic carbocycles. The Morgan fingerprint density at radius 3 is 2.68 bits per heavy atom. The highest BCUT2D eigenvalue weighted by molar-refractivity contribution is 6.32. The van der Waals surface area contributed by atoms with Gasteiger partial charge in [-0.25, -0.2) is 4.79 Å². The van der Waals surface area contributed by atoms with Crippen molar-refractivity contribution in [2.24, 2.45) is 5.92 Å². The zero-order valence-electron chi connectivity index (χ0n) is 14.3. The Kier molecular flexibility index (Phi) is 4.04. The minimum atomic E-state index is -0.309. The predicted octanol–water partition coefficient (Wildman–Crippen LogP) is 5.26. The minimum Gasteiger partial charge on any atom is -0.465 e. The molecule has 0 spiro atoms. The van der Waals surface area contributed by atoms with Crippen molar-refractivity contribution < 1.29 is 9.53 Å². The fourth-order valence-corrected chi connectivity index (χ4v) is 4.37. The van der Waals surface area contributed by atoms with Crippen molar-refractivity contribution >= 4 is 23.3 Å². The van der Waals surface area contributed by atoms with Crippen LogP contribution >= 0.6 is 11.6 Å². The number of methoxy groups -OCH3 is 1. The zero-order valence-corrected chi connectivity index (χ0v) is 15.0. The van der Waals surface area contributed by atoms with Crippen molar-refractivity contribution in [2.75, 3.05) is 12.4 Å². The molecule has 0 radical (unpaired) electrons. The summed E-state index contributed by atoms with van der Waals surface area (Å²) in [6.45, 7) is 2.11. The van der Waals surface area contributed by atoms with E-state index in [0.717, 1.165) is 17.1 Å². The number of ether oxygens (including phenoxy) is 1. The number of hydrogen-bond acceptors (Lipinski definition) is 3. The number of allylic oxidation sites excluding steroid dienone is 2. The summed E-state index contributed by atoms with van der Waals surface area (Å²) in [4.78, 5) is 11.7. The van der Waals surface area contributed by atoms with Gasteiger partial charge in [-0.3, -0.25) is 0 Å². The highest BCUT2D eigenvalue weighted by Crippen LogP contribution is 2.52. The number of rotatable bonds is 2. The molecule has 1 N–H and O–H groups in total. The number of carbonyl (C=O) groups is 1. The van der Waals surface area contributed by atoms with Gasteiger partial charge in [0.15, 0.2) is 0 Å². The van der Waals surface area contributed by atoms with Gasteiger partial charge in [-0.2, -0.15) is 0 Å². The molecule has 4 heteroatoms. The molecule has 2 aromatic carbocycles. The Hall–Kier alpha value is -2.26. The molecule has 25 heavy (non-hydrogen) atoms. The van der Waals surface area contributed by atoms with Crippen LogP contribution in [0.25, 0.3) is 0 Å². The molecule has 0 bridgehead atoms. The second-order valence-electron chi connectivity index (χ2n) is 6.74. The van der Waals surface area contributed by atoms with E-state index in [4.69, 9.17) is 16.3 Å². The maximum atomic E-state index is 11.7. The lowest BCUT2D eigenvalue weighted by Crippen LogP contribution is -2.29. The first-order valence-corrected chi connectivity index (χ1v) is 8.88. The Morgan fingerprint density at radius 1 is 1.20 bits per heavy atom. The lowest BCUT2D eigenvalue weighted by atomic mass is 9.76. The number of carbonyl (C=O) groups excluding carboxylic acids is 1. The molecule has 0 saturated heterocycles. The van der Waals surface area contributed by atoms with Gasteiger partial charge < -0.3 is 10.1 Å². The quantitative estimate of drug-likeness (QED) is 0.591. The third kappa shape index (κ3) is 2.63. The average Bonchev–Trinajstić information content (AvgIpc) is 3.13. The molecule has 0 unspecified atom stereocenters. The summed E-state index contributed by atoms with van der Waals surface area (Å²) in [7, 11) is 1.40. The molecule has 2 aliphatic rings. The van der Waals surface area contributed by atoms with E-state index >= 15 is 0 Å². The van der Waals surface area contributed by atoms with Crippen LogP contribution in [0.2, 0.25) is 5.02 Å². The first-order chi connectivity index (χ1) is 12.1. The number of aryl methyl sites for hydroxylation is 1. The van der Waals surface area contributed by atoms with E-state index in [9.17, 15) is 4.79 Å². The number of fused-ring (bicyclic) bond motifs is 3. The summed E-state index contributed by atoms with van der Waals surface area (Å²) < 4.78 is 4.79. The predicted molar refractivity (Wildman–Crippen MR) is 100 cm³/mol. The third-order valence-corrected chi connectivity index (χ3v) is 5.70. The van der Waals surface area contributed by atoms with Gasteiger partial charge in [-0.15, -0.1) is 0 Å². The van der Waals surface area contributed by atoms with Crippen LogP contribution in [0.4, 0.5) is 5.69 Å². The monoisotopic (exact) mass is 353 g/mol. The summed E-state index contributed by atoms with van der Waals surface area (Å²) in [5.74, 6) is 0.446. The lowest BCUT2D eigenvalue weighted by molar-refractivity contribution is 0.0600. The third-order valence-electron chi connectivity index (χ3n) is 5.37. The molecule has 0 aromatic heterocycles. The minimum absolute atomic E-state index is 0.191. The van der Waals surface area contributed by atoms with Crippen LogP contribution in [0.15, 0.2) is 48.6 Å². The fourth-order valence-electron chi connectivity index (χ4n) is 4.08. The second kappa shape index (κ2) is 6.23. The van der Waals surface area contributed by atoms with E-state index in [-0.39, 0.29) is 12.0 Å². The van der Waals surface area contributed by atoms with Gasteiger partial charge in [0.2, 0.25) is 0 Å². The summed E-state index contributed by atoms with van der Waals surface area (Å²) in [6, 6.07) is 11.9. The van der Waals surface area contributed by atoms with E-state index in [1.165, 1.54) is 23.8 Å². The normalized spacial score (nSPS) is 23.6. The SMILES string of the molecule is COC(=O)c1ccc([C@@H]2Nc3c(C)ccc(Cl)c3[C@H]3C=CC[C@@H]32)cc1. The van der Waals surface area contributed by atoms with E-state index in [2.05, 4.69) is 30.5 Å². The van der Waals surface area contributed by atoms with Gasteiger partial charge in [0, 0.05) is 22.2 Å². The first-order valence-electron chi connectivity index (χ1n) is 8.50. The van der Waals surface area contributed by atoms with E-state index < -0.39 is 0 Å². The summed E-state index contributed by atoms with van der Waals surface area (Å²) in [6.07, 6.45) is 5.55.